The molecule has 1 saturated carbocycles. The van der Waals surface area contributed by atoms with E-state index >= 15 is 0 Å². The molecule has 6 heteroatoms. The van der Waals surface area contributed by atoms with Crippen LogP contribution < -0.4 is 10.6 Å². The number of hydrogen-bond acceptors (Lipinski definition) is 3. The highest BCUT2D eigenvalue weighted by atomic mass is 16.5. The van der Waals surface area contributed by atoms with Gasteiger partial charge in [0.15, 0.2) is 0 Å². The van der Waals surface area contributed by atoms with E-state index in [1.807, 2.05) is 0 Å². The van der Waals surface area contributed by atoms with Crippen LogP contribution in [0.3, 0.4) is 0 Å². The van der Waals surface area contributed by atoms with Gasteiger partial charge < -0.3 is 20.5 Å². The standard InChI is InChI=1S/C14H26N2O4/c1-11(2)9-20-7-6-15-13(19)16-10-14(4-3-5-14)8-12(17)18/h11H,3-10H2,1-2H3,(H,17,18)(H2,15,16,19). The maximum atomic E-state index is 11.6. The number of aliphatic carboxylic acids is 1. The summed E-state index contributed by atoms with van der Waals surface area (Å²) in [5.41, 5.74) is -0.239. The summed E-state index contributed by atoms with van der Waals surface area (Å²) in [7, 11) is 0. The highest BCUT2D eigenvalue weighted by molar-refractivity contribution is 5.74. The van der Waals surface area contributed by atoms with Crippen molar-refractivity contribution in [1.29, 1.82) is 0 Å². The molecule has 6 nitrogen and oxygen atoms in total. The Morgan fingerprint density at radius 3 is 2.50 bits per heavy atom. The Kier molecular flexibility index (Phi) is 6.78. The van der Waals surface area contributed by atoms with Gasteiger partial charge in [0.1, 0.15) is 0 Å². The first kappa shape index (κ1) is 16.8. The summed E-state index contributed by atoms with van der Waals surface area (Å²) in [6.07, 6.45) is 2.92. The fourth-order valence-electron chi connectivity index (χ4n) is 2.30. The van der Waals surface area contributed by atoms with Crippen molar-refractivity contribution >= 4 is 12.0 Å². The fourth-order valence-corrected chi connectivity index (χ4v) is 2.30. The highest BCUT2D eigenvalue weighted by Gasteiger charge is 2.39. The van der Waals surface area contributed by atoms with Gasteiger partial charge in [-0.05, 0) is 24.2 Å². The topological polar surface area (TPSA) is 87.7 Å². The largest absolute Gasteiger partial charge is 0.481 e. The van der Waals surface area contributed by atoms with E-state index in [1.54, 1.807) is 0 Å². The third kappa shape index (κ3) is 6.23. The molecule has 20 heavy (non-hydrogen) atoms. The van der Waals surface area contributed by atoms with Crippen LogP contribution in [0.4, 0.5) is 4.79 Å². The van der Waals surface area contributed by atoms with Crippen LogP contribution in [0.5, 0.6) is 0 Å². The third-order valence-corrected chi connectivity index (χ3v) is 3.55. The van der Waals surface area contributed by atoms with E-state index < -0.39 is 5.97 Å². The summed E-state index contributed by atoms with van der Waals surface area (Å²) >= 11 is 0. The summed E-state index contributed by atoms with van der Waals surface area (Å²) in [5.74, 6) is -0.313. The molecule has 0 saturated heterocycles. The number of nitrogens with one attached hydrogen (secondary N) is 2. The van der Waals surface area contributed by atoms with Gasteiger partial charge in [0.05, 0.1) is 13.0 Å². The summed E-state index contributed by atoms with van der Waals surface area (Å²) in [4.78, 5) is 22.4. The van der Waals surface area contributed by atoms with Crippen molar-refractivity contribution in [2.75, 3.05) is 26.3 Å². The molecule has 0 aliphatic heterocycles. The first-order chi connectivity index (χ1) is 9.43. The number of rotatable bonds is 9. The van der Waals surface area contributed by atoms with Gasteiger partial charge in [0, 0.05) is 19.7 Å². The monoisotopic (exact) mass is 286 g/mol. The van der Waals surface area contributed by atoms with Gasteiger partial charge in [-0.1, -0.05) is 20.3 Å². The second kappa shape index (κ2) is 8.09. The molecule has 0 aromatic rings. The molecule has 0 heterocycles. The summed E-state index contributed by atoms with van der Waals surface area (Å²) in [6.45, 7) is 6.21. The quantitative estimate of drug-likeness (QED) is 0.562. The van der Waals surface area contributed by atoms with Gasteiger partial charge in [-0.15, -0.1) is 0 Å². The number of carboxylic acid groups (broad SMARTS) is 1. The Balaban J connectivity index is 2.11. The van der Waals surface area contributed by atoms with E-state index in [2.05, 4.69) is 24.5 Å². The van der Waals surface area contributed by atoms with Gasteiger partial charge in [-0.3, -0.25) is 4.79 Å². The van der Waals surface area contributed by atoms with Gasteiger partial charge in [0.25, 0.3) is 0 Å². The lowest BCUT2D eigenvalue weighted by molar-refractivity contribution is -0.141. The van der Waals surface area contributed by atoms with Crippen LogP contribution in [0, 0.1) is 11.3 Å². The second-order valence-corrected chi connectivity index (χ2v) is 6.00. The Bertz CT molecular complexity index is 327. The molecule has 116 valence electrons. The van der Waals surface area contributed by atoms with E-state index in [1.165, 1.54) is 0 Å². The first-order valence-electron chi connectivity index (χ1n) is 7.25. The first-order valence-corrected chi connectivity index (χ1v) is 7.25. The SMILES string of the molecule is CC(C)COCCNC(=O)NCC1(CC(=O)O)CCC1. The molecule has 0 atom stereocenters. The van der Waals surface area contributed by atoms with Crippen LogP contribution in [0.25, 0.3) is 0 Å². The smallest absolute Gasteiger partial charge is 0.314 e. The molecule has 1 rings (SSSR count). The Morgan fingerprint density at radius 1 is 1.30 bits per heavy atom. The Hall–Kier alpha value is -1.30. The number of urea groups is 1. The molecule has 0 unspecified atom stereocenters. The minimum Gasteiger partial charge on any atom is -0.481 e. The van der Waals surface area contributed by atoms with E-state index in [9.17, 15) is 9.59 Å². The number of carbonyl (C=O) groups excluding carboxylic acids is 1. The molecule has 2 amide bonds. The van der Waals surface area contributed by atoms with Gasteiger partial charge in [-0.2, -0.15) is 0 Å². The molecule has 0 aromatic heterocycles. The van der Waals surface area contributed by atoms with Crippen molar-refractivity contribution < 1.29 is 19.4 Å². The lowest BCUT2D eigenvalue weighted by atomic mass is 9.66. The lowest BCUT2D eigenvalue weighted by Gasteiger charge is -2.40. The third-order valence-electron chi connectivity index (χ3n) is 3.55. The minimum absolute atomic E-state index is 0.130. The Labute approximate surface area is 120 Å². The van der Waals surface area contributed by atoms with Crippen molar-refractivity contribution in [1.82, 2.24) is 10.6 Å². The maximum absolute atomic E-state index is 11.6. The van der Waals surface area contributed by atoms with Gasteiger partial charge >= 0.3 is 12.0 Å². The lowest BCUT2D eigenvalue weighted by Crippen LogP contribution is -2.47. The zero-order chi connectivity index (χ0) is 15.0. The average Bonchev–Trinajstić information content (AvgIpc) is 2.31. The minimum atomic E-state index is -0.797. The van der Waals surface area contributed by atoms with Crippen LogP contribution in [-0.4, -0.2) is 43.4 Å². The van der Waals surface area contributed by atoms with E-state index in [0.29, 0.717) is 32.2 Å². The number of carbonyl (C=O) groups is 2. The number of carboxylic acids is 1. The predicted molar refractivity (Wildman–Crippen MR) is 75.6 cm³/mol. The van der Waals surface area contributed by atoms with Crippen LogP contribution in [0.1, 0.15) is 39.5 Å². The molecule has 1 fully saturated rings. The Morgan fingerprint density at radius 2 is 2.00 bits per heavy atom. The number of ether oxygens (including phenoxy) is 1. The number of hydrogen-bond donors (Lipinski definition) is 3. The van der Waals surface area contributed by atoms with E-state index in [-0.39, 0.29) is 17.9 Å². The predicted octanol–water partition coefficient (Wildman–Crippen LogP) is 1.60. The molecule has 0 radical (unpaired) electrons. The molecule has 3 N–H and O–H groups in total. The normalized spacial score (nSPS) is 16.6. The zero-order valence-electron chi connectivity index (χ0n) is 12.4. The maximum Gasteiger partial charge on any atom is 0.314 e. The highest BCUT2D eigenvalue weighted by Crippen LogP contribution is 2.43. The zero-order valence-corrected chi connectivity index (χ0v) is 12.4. The van der Waals surface area contributed by atoms with Crippen molar-refractivity contribution in [2.45, 2.75) is 39.5 Å². The second-order valence-electron chi connectivity index (χ2n) is 6.00. The van der Waals surface area contributed by atoms with Crippen LogP contribution in [0.15, 0.2) is 0 Å². The van der Waals surface area contributed by atoms with Crippen molar-refractivity contribution in [3.8, 4) is 0 Å². The molecular weight excluding hydrogens is 260 g/mol. The molecule has 1 aliphatic carbocycles. The van der Waals surface area contributed by atoms with Gasteiger partial charge in [0.2, 0.25) is 0 Å². The molecule has 0 spiro atoms. The van der Waals surface area contributed by atoms with Crippen molar-refractivity contribution in [3.63, 3.8) is 0 Å². The van der Waals surface area contributed by atoms with E-state index in [0.717, 1.165) is 19.3 Å². The van der Waals surface area contributed by atoms with Gasteiger partial charge in [-0.25, -0.2) is 4.79 Å². The van der Waals surface area contributed by atoms with Crippen molar-refractivity contribution in [2.24, 2.45) is 11.3 Å². The molecule has 0 bridgehead atoms. The molecule has 0 aromatic carbocycles. The van der Waals surface area contributed by atoms with Crippen molar-refractivity contribution in [3.05, 3.63) is 0 Å². The molecule has 1 aliphatic rings. The van der Waals surface area contributed by atoms with E-state index in [4.69, 9.17) is 9.84 Å². The average molecular weight is 286 g/mol. The van der Waals surface area contributed by atoms with Crippen LogP contribution >= 0.6 is 0 Å². The fraction of sp³-hybridized carbons (Fsp3) is 0.857. The van der Waals surface area contributed by atoms with Crippen LogP contribution in [0.2, 0.25) is 0 Å². The number of amides is 2. The van der Waals surface area contributed by atoms with Crippen LogP contribution in [-0.2, 0) is 9.53 Å². The summed E-state index contributed by atoms with van der Waals surface area (Å²) < 4.78 is 5.36. The summed E-state index contributed by atoms with van der Waals surface area (Å²) in [6, 6.07) is -0.255. The summed E-state index contributed by atoms with van der Waals surface area (Å²) in [5, 5.41) is 14.3. The molecular formula is C14H26N2O4.